The second-order valence-corrected chi connectivity index (χ2v) is 13.4. The SMILES string of the molecule is CC1(c2ccccc2)N(c2ccccc2)c2ccccc2N1c1ccc2oc3cccc(-c4nc(-c5ccccc5)nc(-c5ccccc5)n4)c3c2c1. The largest absolute Gasteiger partial charge is 0.456 e. The summed E-state index contributed by atoms with van der Waals surface area (Å²) in [5, 5.41) is 1.95. The Morgan fingerprint density at radius 1 is 0.453 bits per heavy atom. The summed E-state index contributed by atoms with van der Waals surface area (Å²) in [6.45, 7) is 2.31. The van der Waals surface area contributed by atoms with Gasteiger partial charge in [-0.25, -0.2) is 15.0 Å². The molecule has 0 aliphatic carbocycles. The molecule has 0 spiro atoms. The van der Waals surface area contributed by atoms with Crippen LogP contribution in [-0.2, 0) is 5.66 Å². The van der Waals surface area contributed by atoms with Crippen molar-refractivity contribution in [3.05, 3.63) is 188 Å². The Morgan fingerprint density at radius 2 is 0.981 bits per heavy atom. The number of rotatable bonds is 6. The zero-order chi connectivity index (χ0) is 35.4. The third-order valence-electron chi connectivity index (χ3n) is 10.2. The summed E-state index contributed by atoms with van der Waals surface area (Å²) in [7, 11) is 0. The molecule has 6 nitrogen and oxygen atoms in total. The van der Waals surface area contributed by atoms with Crippen LogP contribution in [0.25, 0.3) is 56.1 Å². The molecule has 0 fully saturated rings. The fourth-order valence-electron chi connectivity index (χ4n) is 7.85. The van der Waals surface area contributed by atoms with Gasteiger partial charge in [0.1, 0.15) is 16.8 Å². The number of fused-ring (bicyclic) bond motifs is 4. The van der Waals surface area contributed by atoms with Crippen molar-refractivity contribution < 1.29 is 4.42 Å². The second-order valence-electron chi connectivity index (χ2n) is 13.4. The molecule has 9 aromatic rings. The van der Waals surface area contributed by atoms with Crippen molar-refractivity contribution in [1.29, 1.82) is 0 Å². The van der Waals surface area contributed by atoms with E-state index in [1.54, 1.807) is 0 Å². The van der Waals surface area contributed by atoms with Crippen molar-refractivity contribution in [3.63, 3.8) is 0 Å². The maximum Gasteiger partial charge on any atom is 0.164 e. The van der Waals surface area contributed by atoms with Crippen molar-refractivity contribution in [2.24, 2.45) is 0 Å². The molecule has 6 heteroatoms. The highest BCUT2D eigenvalue weighted by molar-refractivity contribution is 6.13. The number of anilines is 4. The third kappa shape index (κ3) is 4.99. The minimum Gasteiger partial charge on any atom is -0.456 e. The van der Waals surface area contributed by atoms with Crippen LogP contribution in [0.1, 0.15) is 12.5 Å². The van der Waals surface area contributed by atoms with Gasteiger partial charge >= 0.3 is 0 Å². The van der Waals surface area contributed by atoms with E-state index in [0.29, 0.717) is 17.5 Å². The molecule has 0 saturated carbocycles. The molecule has 1 unspecified atom stereocenters. The summed E-state index contributed by atoms with van der Waals surface area (Å²) in [6, 6.07) is 62.8. The molecule has 1 aliphatic rings. The highest BCUT2D eigenvalue weighted by Crippen LogP contribution is 2.57. The predicted molar refractivity (Wildman–Crippen MR) is 214 cm³/mol. The molecule has 0 amide bonds. The Labute approximate surface area is 307 Å². The van der Waals surface area contributed by atoms with Gasteiger partial charge in [0.05, 0.1) is 11.4 Å². The number of benzene rings is 7. The Morgan fingerprint density at radius 3 is 1.60 bits per heavy atom. The summed E-state index contributed by atoms with van der Waals surface area (Å²) in [5.74, 6) is 1.83. The first kappa shape index (κ1) is 30.7. The van der Waals surface area contributed by atoms with E-state index in [1.165, 1.54) is 5.56 Å². The van der Waals surface area contributed by atoms with Gasteiger partial charge in [0.2, 0.25) is 0 Å². The topological polar surface area (TPSA) is 58.3 Å². The van der Waals surface area contributed by atoms with E-state index in [0.717, 1.165) is 61.4 Å². The molecular formula is C47H33N5O. The van der Waals surface area contributed by atoms with Gasteiger partial charge in [-0.15, -0.1) is 0 Å². The Hall–Kier alpha value is -7.05. The number of para-hydroxylation sites is 3. The fraction of sp³-hybridized carbons (Fsp3) is 0.0426. The van der Waals surface area contributed by atoms with Crippen LogP contribution in [0.3, 0.4) is 0 Å². The van der Waals surface area contributed by atoms with Crippen LogP contribution in [0.15, 0.2) is 186 Å². The molecule has 3 heterocycles. The zero-order valence-electron chi connectivity index (χ0n) is 29.0. The van der Waals surface area contributed by atoms with E-state index >= 15 is 0 Å². The molecule has 0 bridgehead atoms. The van der Waals surface area contributed by atoms with Gasteiger partial charge in [-0.2, -0.15) is 0 Å². The van der Waals surface area contributed by atoms with E-state index in [4.69, 9.17) is 19.4 Å². The average molecular weight is 684 g/mol. The summed E-state index contributed by atoms with van der Waals surface area (Å²) >= 11 is 0. The van der Waals surface area contributed by atoms with Crippen molar-refractivity contribution in [3.8, 4) is 34.2 Å². The average Bonchev–Trinajstić information content (AvgIpc) is 3.74. The molecule has 10 rings (SSSR count). The summed E-state index contributed by atoms with van der Waals surface area (Å²) in [6.07, 6.45) is 0. The van der Waals surface area contributed by atoms with E-state index < -0.39 is 5.66 Å². The smallest absolute Gasteiger partial charge is 0.164 e. The Bertz CT molecular complexity index is 2690. The molecular weight excluding hydrogens is 651 g/mol. The lowest BCUT2D eigenvalue weighted by Gasteiger charge is -2.44. The molecule has 0 N–H and O–H groups in total. The Balaban J connectivity index is 1.20. The third-order valence-corrected chi connectivity index (χ3v) is 10.2. The van der Waals surface area contributed by atoms with Gasteiger partial charge in [0.25, 0.3) is 0 Å². The first-order valence-electron chi connectivity index (χ1n) is 17.8. The summed E-state index contributed by atoms with van der Waals surface area (Å²) < 4.78 is 6.56. The molecule has 0 radical (unpaired) electrons. The molecule has 1 aliphatic heterocycles. The highest BCUT2D eigenvalue weighted by atomic mass is 16.3. The van der Waals surface area contributed by atoms with Crippen LogP contribution in [0.2, 0.25) is 0 Å². The number of aromatic nitrogens is 3. The Kier molecular flexibility index (Phi) is 7.15. The molecule has 0 saturated heterocycles. The van der Waals surface area contributed by atoms with Crippen LogP contribution < -0.4 is 9.80 Å². The van der Waals surface area contributed by atoms with Gasteiger partial charge in [-0.05, 0) is 61.0 Å². The minimum atomic E-state index is -0.605. The maximum absolute atomic E-state index is 6.56. The molecule has 53 heavy (non-hydrogen) atoms. The molecule has 2 aromatic heterocycles. The van der Waals surface area contributed by atoms with Gasteiger partial charge < -0.3 is 14.2 Å². The molecule has 1 atom stereocenters. The van der Waals surface area contributed by atoms with Crippen LogP contribution in [0.4, 0.5) is 22.7 Å². The van der Waals surface area contributed by atoms with Crippen LogP contribution in [0, 0.1) is 0 Å². The van der Waals surface area contributed by atoms with Crippen molar-refractivity contribution in [2.45, 2.75) is 12.6 Å². The number of hydrogen-bond donors (Lipinski definition) is 0. The first-order chi connectivity index (χ1) is 26.2. The first-order valence-corrected chi connectivity index (χ1v) is 17.8. The van der Waals surface area contributed by atoms with Crippen molar-refractivity contribution >= 4 is 44.7 Å². The van der Waals surface area contributed by atoms with E-state index in [-0.39, 0.29) is 0 Å². The highest BCUT2D eigenvalue weighted by Gasteiger charge is 2.48. The predicted octanol–water partition coefficient (Wildman–Crippen LogP) is 11.9. The lowest BCUT2D eigenvalue weighted by molar-refractivity contribution is 0.516. The van der Waals surface area contributed by atoms with Gasteiger partial charge in [0, 0.05) is 38.8 Å². The van der Waals surface area contributed by atoms with E-state index in [2.05, 4.69) is 126 Å². The number of furan rings is 1. The summed E-state index contributed by atoms with van der Waals surface area (Å²) in [4.78, 5) is 20.0. The lowest BCUT2D eigenvalue weighted by Crippen LogP contribution is -2.48. The lowest BCUT2D eigenvalue weighted by atomic mass is 9.96. The van der Waals surface area contributed by atoms with Crippen LogP contribution in [-0.4, -0.2) is 15.0 Å². The molecule has 252 valence electrons. The van der Waals surface area contributed by atoms with Crippen molar-refractivity contribution in [1.82, 2.24) is 15.0 Å². The number of hydrogen-bond acceptors (Lipinski definition) is 6. The summed E-state index contributed by atoms with van der Waals surface area (Å²) in [5.41, 5.74) is 9.28. The van der Waals surface area contributed by atoms with E-state index in [1.807, 2.05) is 72.8 Å². The minimum absolute atomic E-state index is 0.590. The maximum atomic E-state index is 6.56. The van der Waals surface area contributed by atoms with Gasteiger partial charge in [0.15, 0.2) is 17.5 Å². The van der Waals surface area contributed by atoms with Gasteiger partial charge in [-0.1, -0.05) is 133 Å². The quantitative estimate of drug-likeness (QED) is 0.174. The standard InChI is InChI=1S/C47H33N5O/c1-47(34-21-10-4-11-22-34)51(35-23-12-5-13-24-35)39-26-14-15-27-40(39)52(47)36-29-30-41-38(31-36)43-37(25-16-28-42(43)53-41)46-49-44(32-17-6-2-7-18-32)48-45(50-46)33-19-8-3-9-20-33/h2-31H,1H3. The molecule has 7 aromatic carbocycles. The van der Waals surface area contributed by atoms with E-state index in [9.17, 15) is 0 Å². The van der Waals surface area contributed by atoms with Crippen molar-refractivity contribution in [2.75, 3.05) is 9.80 Å². The van der Waals surface area contributed by atoms with Crippen LogP contribution in [0.5, 0.6) is 0 Å². The monoisotopic (exact) mass is 683 g/mol. The normalized spacial score (nSPS) is 15.3. The number of nitrogens with zero attached hydrogens (tertiary/aromatic N) is 5. The second kappa shape index (κ2) is 12.3. The fourth-order valence-corrected chi connectivity index (χ4v) is 7.85. The zero-order valence-corrected chi connectivity index (χ0v) is 29.0. The van der Waals surface area contributed by atoms with Crippen LogP contribution >= 0.6 is 0 Å². The van der Waals surface area contributed by atoms with Gasteiger partial charge in [-0.3, -0.25) is 0 Å².